The van der Waals surface area contributed by atoms with Gasteiger partial charge < -0.3 is 4.90 Å². The van der Waals surface area contributed by atoms with Gasteiger partial charge >= 0.3 is 0 Å². The summed E-state index contributed by atoms with van der Waals surface area (Å²) in [6.07, 6.45) is 1.88. The lowest BCUT2D eigenvalue weighted by Gasteiger charge is -2.21. The zero-order valence-electron chi connectivity index (χ0n) is 11.7. The molecule has 20 heavy (non-hydrogen) atoms. The van der Waals surface area contributed by atoms with Crippen LogP contribution in [0.3, 0.4) is 0 Å². The van der Waals surface area contributed by atoms with E-state index in [2.05, 4.69) is 56.1 Å². The molecule has 6 heteroatoms. The van der Waals surface area contributed by atoms with Crippen molar-refractivity contribution in [1.82, 2.24) is 9.97 Å². The molecule has 0 aliphatic heterocycles. The molecule has 0 saturated carbocycles. The molecular formula is C14H17BrClN3S. The summed E-state index contributed by atoms with van der Waals surface area (Å²) in [5.74, 6) is 1.55. The van der Waals surface area contributed by atoms with Gasteiger partial charge in [-0.3, -0.25) is 0 Å². The molecule has 0 N–H and O–H groups in total. The Labute approximate surface area is 137 Å². The van der Waals surface area contributed by atoms with Crippen LogP contribution >= 0.6 is 38.9 Å². The van der Waals surface area contributed by atoms with Crippen molar-refractivity contribution in [3.8, 4) is 0 Å². The van der Waals surface area contributed by atoms with Gasteiger partial charge in [0.2, 0.25) is 0 Å². The summed E-state index contributed by atoms with van der Waals surface area (Å²) in [6.45, 7) is 4.99. The fourth-order valence-electron chi connectivity index (χ4n) is 1.88. The summed E-state index contributed by atoms with van der Waals surface area (Å²) in [4.78, 5) is 12.4. The summed E-state index contributed by atoms with van der Waals surface area (Å²) in [6, 6.07) is 2.13. The fourth-order valence-corrected chi connectivity index (χ4v) is 3.58. The minimum Gasteiger partial charge on any atom is -0.367 e. The molecule has 0 spiro atoms. The zero-order chi connectivity index (χ0) is 14.7. The van der Waals surface area contributed by atoms with Crippen molar-refractivity contribution in [3.63, 3.8) is 0 Å². The molecule has 0 aliphatic carbocycles. The second kappa shape index (κ2) is 6.87. The van der Waals surface area contributed by atoms with Gasteiger partial charge in [-0.05, 0) is 22.0 Å². The largest absolute Gasteiger partial charge is 0.367 e. The van der Waals surface area contributed by atoms with E-state index in [-0.39, 0.29) is 0 Å². The number of anilines is 1. The standard InChI is InChI=1S/C14H17BrClN3S/c1-9(2)14-17-6-13(12(5-16)18-14)19(3)7-11-4-10(15)8-20-11/h4,6,8-9H,5,7H2,1-3H3. The van der Waals surface area contributed by atoms with E-state index >= 15 is 0 Å². The average Bonchev–Trinajstić information content (AvgIpc) is 2.83. The summed E-state index contributed by atoms with van der Waals surface area (Å²) in [7, 11) is 2.04. The number of halogens is 2. The summed E-state index contributed by atoms with van der Waals surface area (Å²) >= 11 is 11.2. The molecule has 0 bridgehead atoms. The van der Waals surface area contributed by atoms with E-state index in [1.807, 2.05) is 13.2 Å². The van der Waals surface area contributed by atoms with Gasteiger partial charge in [0.1, 0.15) is 5.82 Å². The van der Waals surface area contributed by atoms with Crippen molar-refractivity contribution in [2.45, 2.75) is 32.2 Å². The van der Waals surface area contributed by atoms with Crippen molar-refractivity contribution < 1.29 is 0 Å². The van der Waals surface area contributed by atoms with Gasteiger partial charge in [0.25, 0.3) is 0 Å². The van der Waals surface area contributed by atoms with Gasteiger partial charge in [0.05, 0.1) is 30.0 Å². The molecule has 2 aromatic heterocycles. The maximum atomic E-state index is 6.04. The van der Waals surface area contributed by atoms with E-state index in [1.165, 1.54) is 4.88 Å². The van der Waals surface area contributed by atoms with Gasteiger partial charge in [-0.2, -0.15) is 0 Å². The second-order valence-corrected chi connectivity index (χ2v) is 7.11. The summed E-state index contributed by atoms with van der Waals surface area (Å²) < 4.78 is 1.12. The van der Waals surface area contributed by atoms with Gasteiger partial charge in [-0.1, -0.05) is 13.8 Å². The molecule has 3 nitrogen and oxygen atoms in total. The number of hydrogen-bond acceptors (Lipinski definition) is 4. The van der Waals surface area contributed by atoms with Crippen LogP contribution in [0.4, 0.5) is 5.69 Å². The molecule has 2 rings (SSSR count). The third kappa shape index (κ3) is 3.71. The van der Waals surface area contributed by atoms with Gasteiger partial charge in [-0.15, -0.1) is 22.9 Å². The Morgan fingerprint density at radius 2 is 2.20 bits per heavy atom. The number of thiophene rings is 1. The first-order chi connectivity index (χ1) is 9.51. The highest BCUT2D eigenvalue weighted by Gasteiger charge is 2.13. The molecule has 0 aliphatic rings. The highest BCUT2D eigenvalue weighted by Crippen LogP contribution is 2.25. The van der Waals surface area contributed by atoms with E-state index in [4.69, 9.17) is 11.6 Å². The minimum absolute atomic E-state index is 0.310. The third-order valence-corrected chi connectivity index (χ3v) is 4.87. The highest BCUT2D eigenvalue weighted by atomic mass is 79.9. The minimum atomic E-state index is 0.310. The second-order valence-electron chi connectivity index (χ2n) is 4.94. The van der Waals surface area contributed by atoms with E-state index in [0.29, 0.717) is 11.8 Å². The van der Waals surface area contributed by atoms with Crippen molar-refractivity contribution in [3.05, 3.63) is 38.5 Å². The van der Waals surface area contributed by atoms with Crippen LogP contribution < -0.4 is 4.90 Å². The lowest BCUT2D eigenvalue weighted by Crippen LogP contribution is -2.19. The van der Waals surface area contributed by atoms with Crippen LogP contribution in [0.5, 0.6) is 0 Å². The molecule has 2 heterocycles. The summed E-state index contributed by atoms with van der Waals surface area (Å²) in [5, 5.41) is 2.09. The Kier molecular flexibility index (Phi) is 5.41. The van der Waals surface area contributed by atoms with Crippen LogP contribution in [0.15, 0.2) is 22.1 Å². The topological polar surface area (TPSA) is 29.0 Å². The first-order valence-corrected chi connectivity index (χ1v) is 8.57. The number of aromatic nitrogens is 2. The van der Waals surface area contributed by atoms with Gasteiger partial charge in [0.15, 0.2) is 0 Å². The predicted molar refractivity (Wildman–Crippen MR) is 89.8 cm³/mol. The van der Waals surface area contributed by atoms with Crippen LogP contribution in [-0.2, 0) is 12.4 Å². The summed E-state index contributed by atoms with van der Waals surface area (Å²) in [5.41, 5.74) is 1.89. The Morgan fingerprint density at radius 1 is 1.45 bits per heavy atom. The van der Waals surface area contributed by atoms with E-state index in [0.717, 1.165) is 28.2 Å². The van der Waals surface area contributed by atoms with E-state index < -0.39 is 0 Å². The molecule has 0 unspecified atom stereocenters. The molecule has 0 aromatic carbocycles. The normalized spacial score (nSPS) is 11.1. The number of nitrogens with zero attached hydrogens (tertiary/aromatic N) is 3. The van der Waals surface area contributed by atoms with Crippen molar-refractivity contribution in [1.29, 1.82) is 0 Å². The fraction of sp³-hybridized carbons (Fsp3) is 0.429. The quantitative estimate of drug-likeness (QED) is 0.704. The lowest BCUT2D eigenvalue weighted by atomic mass is 10.2. The Hall–Kier alpha value is -0.650. The van der Waals surface area contributed by atoms with Crippen LogP contribution in [0.25, 0.3) is 0 Å². The van der Waals surface area contributed by atoms with Gasteiger partial charge in [-0.25, -0.2) is 9.97 Å². The van der Waals surface area contributed by atoms with Crippen molar-refractivity contribution in [2.75, 3.05) is 11.9 Å². The molecule has 108 valence electrons. The van der Waals surface area contributed by atoms with Crippen LogP contribution in [0.1, 0.15) is 36.2 Å². The Morgan fingerprint density at radius 3 is 2.75 bits per heavy atom. The Balaban J connectivity index is 2.22. The van der Waals surface area contributed by atoms with Gasteiger partial charge in [0, 0.05) is 27.7 Å². The van der Waals surface area contributed by atoms with E-state index in [9.17, 15) is 0 Å². The van der Waals surface area contributed by atoms with E-state index in [1.54, 1.807) is 11.3 Å². The Bertz CT molecular complexity index is 586. The first kappa shape index (κ1) is 15.7. The maximum Gasteiger partial charge on any atom is 0.131 e. The average molecular weight is 375 g/mol. The van der Waals surface area contributed by atoms with Crippen LogP contribution in [0, 0.1) is 0 Å². The number of hydrogen-bond donors (Lipinski definition) is 0. The smallest absolute Gasteiger partial charge is 0.131 e. The number of rotatable bonds is 5. The maximum absolute atomic E-state index is 6.04. The molecule has 0 amide bonds. The van der Waals surface area contributed by atoms with Crippen LogP contribution in [0.2, 0.25) is 0 Å². The monoisotopic (exact) mass is 373 g/mol. The highest BCUT2D eigenvalue weighted by molar-refractivity contribution is 9.10. The molecule has 0 fully saturated rings. The predicted octanol–water partition coefficient (Wildman–Crippen LogP) is 4.80. The molecular weight excluding hydrogens is 358 g/mol. The SMILES string of the molecule is CC(C)c1ncc(N(C)Cc2cc(Br)cs2)c(CCl)n1. The van der Waals surface area contributed by atoms with Crippen LogP contribution in [-0.4, -0.2) is 17.0 Å². The molecule has 0 saturated heterocycles. The lowest BCUT2D eigenvalue weighted by molar-refractivity contribution is 0.759. The molecule has 2 aromatic rings. The van der Waals surface area contributed by atoms with Crippen molar-refractivity contribution >= 4 is 44.6 Å². The first-order valence-electron chi connectivity index (χ1n) is 6.37. The number of alkyl halides is 1. The molecule has 0 atom stereocenters. The molecule has 0 radical (unpaired) electrons. The third-order valence-electron chi connectivity index (χ3n) is 2.93. The zero-order valence-corrected chi connectivity index (χ0v) is 14.9. The van der Waals surface area contributed by atoms with Crippen molar-refractivity contribution in [2.24, 2.45) is 0 Å².